The molecule has 0 bridgehead atoms. The number of aromatic nitrogens is 1. The van der Waals surface area contributed by atoms with Crippen molar-refractivity contribution in [2.45, 2.75) is 31.2 Å². The highest BCUT2D eigenvalue weighted by Crippen LogP contribution is 2.19. The minimum atomic E-state index is 0.0439. The van der Waals surface area contributed by atoms with Gasteiger partial charge in [0.25, 0.3) is 0 Å². The predicted octanol–water partition coefficient (Wildman–Crippen LogP) is 1.63. The Kier molecular flexibility index (Phi) is 4.97. The van der Waals surface area contributed by atoms with Crippen LogP contribution in [0.15, 0.2) is 5.38 Å². The summed E-state index contributed by atoms with van der Waals surface area (Å²) in [5.74, 6) is 0.606. The number of thiazole rings is 1. The summed E-state index contributed by atoms with van der Waals surface area (Å²) in [7, 11) is 1.70. The molecule has 0 saturated carbocycles. The smallest absolute Gasteiger partial charge is 0.237 e. The molecule has 100 valence electrons. The molecule has 1 aliphatic rings. The van der Waals surface area contributed by atoms with Crippen molar-refractivity contribution < 1.29 is 4.79 Å². The standard InChI is InChI=1S/C12H18ClN3OS/c1-14-12(17)10-3-2-5-16(10)6-4-11-15-9(7-13)8-18-11/h8,10H,2-7H2,1H3,(H,14,17). The Labute approximate surface area is 116 Å². The molecule has 18 heavy (non-hydrogen) atoms. The van der Waals surface area contributed by atoms with Gasteiger partial charge in [0.1, 0.15) is 0 Å². The average Bonchev–Trinajstić information content (AvgIpc) is 3.03. The fourth-order valence-corrected chi connectivity index (χ4v) is 3.34. The van der Waals surface area contributed by atoms with Crippen LogP contribution in [0.4, 0.5) is 0 Å². The SMILES string of the molecule is CNC(=O)C1CCCN1CCc1nc(CCl)cs1. The Balaban J connectivity index is 1.87. The van der Waals surface area contributed by atoms with Gasteiger partial charge >= 0.3 is 0 Å². The molecule has 6 heteroatoms. The van der Waals surface area contributed by atoms with Crippen LogP contribution in [0.25, 0.3) is 0 Å². The molecule has 1 amide bonds. The monoisotopic (exact) mass is 287 g/mol. The number of halogens is 1. The van der Waals surface area contributed by atoms with Crippen LogP contribution in [0, 0.1) is 0 Å². The highest BCUT2D eigenvalue weighted by molar-refractivity contribution is 7.09. The number of likely N-dealkylation sites (tertiary alicyclic amines) is 1. The van der Waals surface area contributed by atoms with Gasteiger partial charge in [0.15, 0.2) is 0 Å². The summed E-state index contributed by atoms with van der Waals surface area (Å²) in [6.45, 7) is 1.90. The molecule has 1 saturated heterocycles. The number of nitrogens with zero attached hydrogens (tertiary/aromatic N) is 2. The number of alkyl halides is 1. The van der Waals surface area contributed by atoms with Crippen molar-refractivity contribution in [1.82, 2.24) is 15.2 Å². The minimum Gasteiger partial charge on any atom is -0.358 e. The lowest BCUT2D eigenvalue weighted by Crippen LogP contribution is -2.42. The van der Waals surface area contributed by atoms with E-state index in [-0.39, 0.29) is 11.9 Å². The third-order valence-corrected chi connectivity index (χ3v) is 4.49. The third kappa shape index (κ3) is 3.22. The highest BCUT2D eigenvalue weighted by Gasteiger charge is 2.29. The van der Waals surface area contributed by atoms with E-state index in [1.165, 1.54) is 0 Å². The summed E-state index contributed by atoms with van der Waals surface area (Å²) in [6.07, 6.45) is 2.96. The zero-order valence-electron chi connectivity index (χ0n) is 10.5. The molecule has 2 heterocycles. The molecule has 1 aliphatic heterocycles. The molecule has 1 fully saturated rings. The van der Waals surface area contributed by atoms with Crippen molar-refractivity contribution >= 4 is 28.8 Å². The number of nitrogens with one attached hydrogen (secondary N) is 1. The van der Waals surface area contributed by atoms with Gasteiger partial charge in [-0.05, 0) is 19.4 Å². The van der Waals surface area contributed by atoms with Crippen LogP contribution in [0.2, 0.25) is 0 Å². The molecule has 4 nitrogen and oxygen atoms in total. The molecule has 1 aromatic heterocycles. The van der Waals surface area contributed by atoms with Crippen LogP contribution in [0.5, 0.6) is 0 Å². The fourth-order valence-electron chi connectivity index (χ4n) is 2.32. The van der Waals surface area contributed by atoms with Crippen LogP contribution in [0.3, 0.4) is 0 Å². The van der Waals surface area contributed by atoms with Crippen LogP contribution in [0.1, 0.15) is 23.5 Å². The maximum Gasteiger partial charge on any atom is 0.237 e. The van der Waals surface area contributed by atoms with E-state index in [1.54, 1.807) is 18.4 Å². The molecule has 1 N–H and O–H groups in total. The molecule has 0 radical (unpaired) electrons. The van der Waals surface area contributed by atoms with Gasteiger partial charge < -0.3 is 5.32 Å². The van der Waals surface area contributed by atoms with Gasteiger partial charge in [-0.3, -0.25) is 9.69 Å². The maximum atomic E-state index is 11.7. The molecule has 0 spiro atoms. The summed E-state index contributed by atoms with van der Waals surface area (Å²) in [6, 6.07) is 0.0439. The van der Waals surface area contributed by atoms with Crippen molar-refractivity contribution in [3.05, 3.63) is 16.1 Å². The zero-order valence-corrected chi connectivity index (χ0v) is 12.1. The maximum absolute atomic E-state index is 11.7. The Morgan fingerprint density at radius 2 is 2.56 bits per heavy atom. The number of carbonyl (C=O) groups is 1. The second kappa shape index (κ2) is 6.50. The van der Waals surface area contributed by atoms with Crippen molar-refractivity contribution in [3.8, 4) is 0 Å². The topological polar surface area (TPSA) is 45.2 Å². The predicted molar refractivity (Wildman–Crippen MR) is 74.0 cm³/mol. The second-order valence-electron chi connectivity index (χ2n) is 4.42. The Morgan fingerprint density at radius 3 is 3.22 bits per heavy atom. The van der Waals surface area contributed by atoms with Crippen LogP contribution >= 0.6 is 22.9 Å². The third-order valence-electron chi connectivity index (χ3n) is 3.26. The van der Waals surface area contributed by atoms with Crippen LogP contribution in [-0.2, 0) is 17.1 Å². The first-order valence-corrected chi connectivity index (χ1v) is 7.61. The van der Waals surface area contributed by atoms with E-state index in [9.17, 15) is 4.79 Å². The summed E-state index contributed by atoms with van der Waals surface area (Å²) >= 11 is 7.38. The zero-order chi connectivity index (χ0) is 13.0. The van der Waals surface area contributed by atoms with Crippen molar-refractivity contribution in [2.75, 3.05) is 20.1 Å². The summed E-state index contributed by atoms with van der Waals surface area (Å²) in [5, 5.41) is 5.84. The quantitative estimate of drug-likeness (QED) is 0.838. The molecule has 2 rings (SSSR count). The van der Waals surface area contributed by atoms with Gasteiger partial charge in [-0.1, -0.05) is 0 Å². The van der Waals surface area contributed by atoms with Crippen molar-refractivity contribution in [3.63, 3.8) is 0 Å². The van der Waals surface area contributed by atoms with E-state index in [0.717, 1.165) is 43.1 Å². The number of hydrogen-bond donors (Lipinski definition) is 1. The van der Waals surface area contributed by atoms with Gasteiger partial charge in [0.2, 0.25) is 5.91 Å². The first-order chi connectivity index (χ1) is 8.74. The van der Waals surface area contributed by atoms with E-state index in [0.29, 0.717) is 5.88 Å². The summed E-state index contributed by atoms with van der Waals surface area (Å²) < 4.78 is 0. The van der Waals surface area contributed by atoms with E-state index in [1.807, 2.05) is 5.38 Å². The Hall–Kier alpha value is -0.650. The number of rotatable bonds is 5. The second-order valence-corrected chi connectivity index (χ2v) is 5.63. The van der Waals surface area contributed by atoms with Gasteiger partial charge in [-0.2, -0.15) is 0 Å². The average molecular weight is 288 g/mol. The number of amides is 1. The number of carbonyl (C=O) groups excluding carboxylic acids is 1. The lowest BCUT2D eigenvalue weighted by molar-refractivity contribution is -0.124. The van der Waals surface area contributed by atoms with Crippen LogP contribution in [-0.4, -0.2) is 42.0 Å². The Morgan fingerprint density at radius 1 is 1.72 bits per heavy atom. The minimum absolute atomic E-state index is 0.0439. The molecule has 1 atom stereocenters. The summed E-state index contributed by atoms with van der Waals surface area (Å²) in [5.41, 5.74) is 0.945. The number of hydrogen-bond acceptors (Lipinski definition) is 4. The number of likely N-dealkylation sites (N-methyl/N-ethyl adjacent to an activating group) is 1. The highest BCUT2D eigenvalue weighted by atomic mass is 35.5. The first kappa shape index (κ1) is 13.8. The van der Waals surface area contributed by atoms with Gasteiger partial charge in [-0.15, -0.1) is 22.9 Å². The van der Waals surface area contributed by atoms with Crippen molar-refractivity contribution in [1.29, 1.82) is 0 Å². The molecule has 1 unspecified atom stereocenters. The van der Waals surface area contributed by atoms with E-state index in [2.05, 4.69) is 15.2 Å². The lowest BCUT2D eigenvalue weighted by Gasteiger charge is -2.22. The van der Waals surface area contributed by atoms with E-state index < -0.39 is 0 Å². The largest absolute Gasteiger partial charge is 0.358 e. The van der Waals surface area contributed by atoms with E-state index in [4.69, 9.17) is 11.6 Å². The van der Waals surface area contributed by atoms with E-state index >= 15 is 0 Å². The molecular formula is C12H18ClN3OS. The Bertz CT molecular complexity index is 410. The molecule has 0 aliphatic carbocycles. The fraction of sp³-hybridized carbons (Fsp3) is 0.667. The first-order valence-electron chi connectivity index (χ1n) is 6.19. The summed E-state index contributed by atoms with van der Waals surface area (Å²) in [4.78, 5) is 18.4. The van der Waals surface area contributed by atoms with Crippen molar-refractivity contribution in [2.24, 2.45) is 0 Å². The normalized spacial score (nSPS) is 20.2. The van der Waals surface area contributed by atoms with Gasteiger partial charge in [0, 0.05) is 25.4 Å². The van der Waals surface area contributed by atoms with Gasteiger partial charge in [-0.25, -0.2) is 4.98 Å². The molecular weight excluding hydrogens is 270 g/mol. The molecule has 0 aromatic carbocycles. The van der Waals surface area contributed by atoms with Crippen LogP contribution < -0.4 is 5.32 Å². The molecule has 1 aromatic rings. The van der Waals surface area contributed by atoms with Gasteiger partial charge in [0.05, 0.1) is 22.6 Å². The lowest BCUT2D eigenvalue weighted by atomic mass is 10.2.